The van der Waals surface area contributed by atoms with Crippen molar-refractivity contribution in [3.63, 3.8) is 0 Å². The van der Waals surface area contributed by atoms with Crippen LogP contribution in [0.25, 0.3) is 0 Å². The van der Waals surface area contributed by atoms with Gasteiger partial charge in [-0.2, -0.15) is 0 Å². The molecule has 0 unspecified atom stereocenters. The molecule has 1 saturated carbocycles. The number of carbonyl (C=O) groups excluding carboxylic acids is 1. The molecule has 3 rings (SSSR count). The molecule has 1 aliphatic carbocycles. The summed E-state index contributed by atoms with van der Waals surface area (Å²) >= 11 is 0. The Bertz CT molecular complexity index is 507. The molecule has 5 heteroatoms. The summed E-state index contributed by atoms with van der Waals surface area (Å²) < 4.78 is 0. The van der Waals surface area contributed by atoms with Crippen molar-refractivity contribution < 1.29 is 9.90 Å². The molecule has 1 atom stereocenters. The largest absolute Gasteiger partial charge is 0.387 e. The smallest absolute Gasteiger partial charge is 0.317 e. The number of hydrogen-bond acceptors (Lipinski definition) is 3. The summed E-state index contributed by atoms with van der Waals surface area (Å²) in [5.74, 6) is 0.182. The van der Waals surface area contributed by atoms with Crippen molar-refractivity contribution in [3.05, 3.63) is 30.1 Å². The van der Waals surface area contributed by atoms with Crippen LogP contribution < -0.4 is 5.32 Å². The van der Waals surface area contributed by atoms with Gasteiger partial charge in [0.1, 0.15) is 0 Å². The van der Waals surface area contributed by atoms with Gasteiger partial charge in [0.2, 0.25) is 0 Å². The van der Waals surface area contributed by atoms with Crippen LogP contribution in [0.5, 0.6) is 0 Å². The first-order chi connectivity index (χ1) is 11.7. The van der Waals surface area contributed by atoms with E-state index >= 15 is 0 Å². The summed E-state index contributed by atoms with van der Waals surface area (Å²) in [6.45, 7) is 1.43. The van der Waals surface area contributed by atoms with Crippen LogP contribution in [-0.2, 0) is 0 Å². The second-order valence-corrected chi connectivity index (χ2v) is 7.16. The van der Waals surface area contributed by atoms with E-state index in [9.17, 15) is 9.90 Å². The number of hydrogen-bond donors (Lipinski definition) is 2. The highest BCUT2D eigenvalue weighted by Gasteiger charge is 2.29. The molecule has 24 heavy (non-hydrogen) atoms. The monoisotopic (exact) mass is 331 g/mol. The van der Waals surface area contributed by atoms with Crippen molar-refractivity contribution in [1.82, 2.24) is 15.2 Å². The lowest BCUT2D eigenvalue weighted by Gasteiger charge is -2.35. The highest BCUT2D eigenvalue weighted by atomic mass is 16.3. The number of nitrogens with zero attached hydrogens (tertiary/aromatic N) is 2. The predicted molar refractivity (Wildman–Crippen MR) is 93.5 cm³/mol. The van der Waals surface area contributed by atoms with Gasteiger partial charge >= 0.3 is 6.03 Å². The van der Waals surface area contributed by atoms with Crippen molar-refractivity contribution >= 4 is 6.03 Å². The topological polar surface area (TPSA) is 65.5 Å². The fourth-order valence-corrected chi connectivity index (χ4v) is 3.90. The van der Waals surface area contributed by atoms with Crippen LogP contribution in [0.4, 0.5) is 4.79 Å². The molecule has 2 amide bonds. The van der Waals surface area contributed by atoms with Gasteiger partial charge in [0.25, 0.3) is 0 Å². The van der Waals surface area contributed by atoms with E-state index in [0.29, 0.717) is 19.1 Å². The van der Waals surface area contributed by atoms with Crippen LogP contribution in [0.15, 0.2) is 24.4 Å². The molecule has 5 nitrogen and oxygen atoms in total. The van der Waals surface area contributed by atoms with E-state index in [4.69, 9.17) is 0 Å². The Morgan fingerprint density at radius 2 is 1.83 bits per heavy atom. The third-order valence-corrected chi connectivity index (χ3v) is 5.45. The fourth-order valence-electron chi connectivity index (χ4n) is 3.90. The number of amides is 2. The molecule has 1 saturated heterocycles. The molecule has 132 valence electrons. The number of carbonyl (C=O) groups is 1. The highest BCUT2D eigenvalue weighted by Crippen LogP contribution is 2.29. The Balaban J connectivity index is 1.46. The summed E-state index contributed by atoms with van der Waals surface area (Å²) in [6.07, 6.45) is 10.1. The molecular formula is C19H29N3O2. The minimum atomic E-state index is -0.529. The zero-order valence-electron chi connectivity index (χ0n) is 14.4. The minimum Gasteiger partial charge on any atom is -0.387 e. The maximum Gasteiger partial charge on any atom is 0.317 e. The van der Waals surface area contributed by atoms with E-state index in [2.05, 4.69) is 10.3 Å². The molecule has 1 aliphatic heterocycles. The van der Waals surface area contributed by atoms with Gasteiger partial charge in [-0.15, -0.1) is 0 Å². The van der Waals surface area contributed by atoms with E-state index in [1.807, 2.05) is 23.1 Å². The maximum atomic E-state index is 12.5. The first kappa shape index (κ1) is 17.2. The third kappa shape index (κ3) is 4.47. The lowest BCUT2D eigenvalue weighted by molar-refractivity contribution is 0.0631. The predicted octanol–water partition coefficient (Wildman–Crippen LogP) is 3.26. The van der Waals surface area contributed by atoms with Crippen molar-refractivity contribution in [1.29, 1.82) is 0 Å². The first-order valence-electron chi connectivity index (χ1n) is 9.38. The van der Waals surface area contributed by atoms with Crippen LogP contribution in [0.3, 0.4) is 0 Å². The molecule has 0 bridgehead atoms. The quantitative estimate of drug-likeness (QED) is 0.836. The number of likely N-dealkylation sites (tertiary alicyclic amines) is 1. The Morgan fingerprint density at radius 1 is 1.12 bits per heavy atom. The number of aromatic nitrogens is 1. The summed E-state index contributed by atoms with van der Waals surface area (Å²) in [7, 11) is 0. The van der Waals surface area contributed by atoms with Gasteiger partial charge < -0.3 is 15.3 Å². The maximum absolute atomic E-state index is 12.5. The summed E-state index contributed by atoms with van der Waals surface area (Å²) in [6, 6.07) is 6.05. The fraction of sp³-hybridized carbons (Fsp3) is 0.684. The molecule has 0 aromatic carbocycles. The van der Waals surface area contributed by atoms with Crippen molar-refractivity contribution in [2.45, 2.75) is 63.5 Å². The number of pyridine rings is 1. The molecule has 0 spiro atoms. The lowest BCUT2D eigenvalue weighted by atomic mass is 9.89. The summed E-state index contributed by atoms with van der Waals surface area (Å²) in [5, 5.41) is 13.7. The zero-order chi connectivity index (χ0) is 16.8. The summed E-state index contributed by atoms with van der Waals surface area (Å²) in [5.41, 5.74) is 0.735. The highest BCUT2D eigenvalue weighted by molar-refractivity contribution is 5.74. The Kier molecular flexibility index (Phi) is 6.07. The molecule has 1 aromatic rings. The van der Waals surface area contributed by atoms with Crippen LogP contribution in [0.1, 0.15) is 63.2 Å². The van der Waals surface area contributed by atoms with Gasteiger partial charge in [-0.1, -0.05) is 31.7 Å². The van der Waals surface area contributed by atoms with Gasteiger partial charge in [-0.05, 0) is 43.7 Å². The zero-order valence-corrected chi connectivity index (χ0v) is 14.4. The van der Waals surface area contributed by atoms with E-state index in [-0.39, 0.29) is 11.9 Å². The number of urea groups is 1. The molecule has 1 aromatic heterocycles. The number of nitrogens with one attached hydrogen (secondary N) is 1. The van der Waals surface area contributed by atoms with E-state index in [1.165, 1.54) is 25.7 Å². The molecule has 2 heterocycles. The second-order valence-electron chi connectivity index (χ2n) is 7.16. The SMILES string of the molecule is O=C(NC1CCCCCC1)N1CCC([C@H](O)c2ccccn2)CC1. The number of piperidine rings is 1. The molecule has 2 fully saturated rings. The second kappa shape index (κ2) is 8.47. The van der Waals surface area contributed by atoms with Crippen molar-refractivity contribution in [2.24, 2.45) is 5.92 Å². The Labute approximate surface area is 144 Å². The number of rotatable bonds is 3. The molecule has 0 radical (unpaired) electrons. The van der Waals surface area contributed by atoms with Gasteiger partial charge in [0, 0.05) is 25.3 Å². The molecule has 2 aliphatic rings. The standard InChI is InChI=1S/C19H29N3O2/c23-18(17-9-5-6-12-20-17)15-10-13-22(14-11-15)19(24)21-16-7-3-1-2-4-8-16/h5-6,9,12,15-16,18,23H,1-4,7-8,10-11,13-14H2,(H,21,24)/t18-/m0/s1. The molecular weight excluding hydrogens is 302 g/mol. The number of aliphatic hydroxyl groups is 1. The van der Waals surface area contributed by atoms with Crippen LogP contribution in [0.2, 0.25) is 0 Å². The average molecular weight is 331 g/mol. The van der Waals surface area contributed by atoms with E-state index in [0.717, 1.165) is 31.4 Å². The first-order valence-corrected chi connectivity index (χ1v) is 9.38. The lowest BCUT2D eigenvalue weighted by Crippen LogP contribution is -2.48. The van der Waals surface area contributed by atoms with Crippen molar-refractivity contribution in [2.75, 3.05) is 13.1 Å². The minimum absolute atomic E-state index is 0.0766. The van der Waals surface area contributed by atoms with E-state index < -0.39 is 6.10 Å². The Morgan fingerprint density at radius 3 is 2.46 bits per heavy atom. The van der Waals surface area contributed by atoms with Gasteiger partial charge in [-0.3, -0.25) is 4.98 Å². The average Bonchev–Trinajstić information content (AvgIpc) is 2.90. The van der Waals surface area contributed by atoms with Gasteiger partial charge in [-0.25, -0.2) is 4.79 Å². The van der Waals surface area contributed by atoms with Crippen LogP contribution >= 0.6 is 0 Å². The number of aliphatic hydroxyl groups excluding tert-OH is 1. The summed E-state index contributed by atoms with van der Waals surface area (Å²) in [4.78, 5) is 18.6. The molecule has 2 N–H and O–H groups in total. The van der Waals surface area contributed by atoms with Gasteiger partial charge in [0.15, 0.2) is 0 Å². The van der Waals surface area contributed by atoms with Gasteiger partial charge in [0.05, 0.1) is 11.8 Å². The van der Waals surface area contributed by atoms with Crippen LogP contribution in [0, 0.1) is 5.92 Å². The van der Waals surface area contributed by atoms with Crippen molar-refractivity contribution in [3.8, 4) is 0 Å². The Hall–Kier alpha value is -1.62. The normalized spacial score (nSPS) is 22.0. The third-order valence-electron chi connectivity index (χ3n) is 5.45. The van der Waals surface area contributed by atoms with E-state index in [1.54, 1.807) is 6.20 Å². The van der Waals surface area contributed by atoms with Crippen LogP contribution in [-0.4, -0.2) is 40.2 Å².